The highest BCUT2D eigenvalue weighted by molar-refractivity contribution is 5.83. The molecule has 2 bridgehead atoms. The van der Waals surface area contributed by atoms with Crippen LogP contribution in [-0.2, 0) is 9.53 Å². The van der Waals surface area contributed by atoms with Crippen molar-refractivity contribution in [1.82, 2.24) is 0 Å². The van der Waals surface area contributed by atoms with Gasteiger partial charge in [-0.2, -0.15) is 0 Å². The Labute approximate surface area is 91.0 Å². The molecule has 2 heterocycles. The zero-order valence-corrected chi connectivity index (χ0v) is 9.13. The third-order valence-corrected chi connectivity index (χ3v) is 3.23. The Morgan fingerprint density at radius 3 is 3.20 bits per heavy atom. The van der Waals surface area contributed by atoms with Crippen LogP contribution in [0.15, 0.2) is 24.5 Å². The van der Waals surface area contributed by atoms with Crippen molar-refractivity contribution < 1.29 is 9.53 Å². The number of carbonyl (C=O) groups is 1. The molecule has 1 saturated heterocycles. The Morgan fingerprint density at radius 1 is 1.53 bits per heavy atom. The van der Waals surface area contributed by atoms with Crippen LogP contribution in [0.25, 0.3) is 0 Å². The predicted molar refractivity (Wildman–Crippen MR) is 59.4 cm³/mol. The van der Waals surface area contributed by atoms with Gasteiger partial charge in [0.2, 0.25) is 0 Å². The first-order chi connectivity index (χ1) is 7.24. The summed E-state index contributed by atoms with van der Waals surface area (Å²) < 4.78 is 5.85. The number of ketones is 1. The molecular weight excluding hydrogens is 188 g/mol. The SMILES string of the molecule is C=CCCCCC12CC=C(CC(=O)C1)O2. The number of allylic oxidation sites excluding steroid dienone is 2. The summed E-state index contributed by atoms with van der Waals surface area (Å²) in [5, 5.41) is 0. The second-order valence-corrected chi connectivity index (χ2v) is 4.59. The van der Waals surface area contributed by atoms with E-state index in [1.165, 1.54) is 0 Å². The highest BCUT2D eigenvalue weighted by Crippen LogP contribution is 2.41. The molecule has 1 unspecified atom stereocenters. The van der Waals surface area contributed by atoms with Gasteiger partial charge in [0.25, 0.3) is 0 Å². The third-order valence-electron chi connectivity index (χ3n) is 3.23. The van der Waals surface area contributed by atoms with Crippen LogP contribution in [0.2, 0.25) is 0 Å². The van der Waals surface area contributed by atoms with Gasteiger partial charge in [0.05, 0.1) is 6.42 Å². The fourth-order valence-corrected chi connectivity index (χ4v) is 2.47. The normalized spacial score (nSPS) is 28.5. The van der Waals surface area contributed by atoms with E-state index in [1.807, 2.05) is 6.08 Å². The maximum Gasteiger partial charge on any atom is 0.144 e. The van der Waals surface area contributed by atoms with Crippen LogP contribution >= 0.6 is 0 Å². The third kappa shape index (κ3) is 2.31. The highest BCUT2D eigenvalue weighted by atomic mass is 16.5. The lowest BCUT2D eigenvalue weighted by molar-refractivity contribution is -0.129. The van der Waals surface area contributed by atoms with Crippen molar-refractivity contribution in [2.45, 2.75) is 50.5 Å². The van der Waals surface area contributed by atoms with Crippen LogP contribution < -0.4 is 0 Å². The monoisotopic (exact) mass is 206 g/mol. The Hall–Kier alpha value is -1.05. The lowest BCUT2D eigenvalue weighted by Gasteiger charge is -2.32. The summed E-state index contributed by atoms with van der Waals surface area (Å²) in [7, 11) is 0. The minimum atomic E-state index is -0.161. The second kappa shape index (κ2) is 4.21. The number of unbranched alkanes of at least 4 members (excludes halogenated alkanes) is 2. The molecule has 2 aliphatic heterocycles. The summed E-state index contributed by atoms with van der Waals surface area (Å²) in [5.74, 6) is 1.25. The molecular formula is C13H18O2. The van der Waals surface area contributed by atoms with Gasteiger partial charge in [-0.05, 0) is 31.8 Å². The number of ether oxygens (including phenoxy) is 1. The average Bonchev–Trinajstić information content (AvgIpc) is 2.50. The van der Waals surface area contributed by atoms with Crippen molar-refractivity contribution in [3.8, 4) is 0 Å². The number of rotatable bonds is 5. The summed E-state index contributed by atoms with van der Waals surface area (Å²) in [6.07, 6.45) is 10.5. The molecule has 0 spiro atoms. The van der Waals surface area contributed by atoms with E-state index in [0.29, 0.717) is 18.6 Å². The van der Waals surface area contributed by atoms with Crippen molar-refractivity contribution in [3.63, 3.8) is 0 Å². The molecule has 1 fully saturated rings. The van der Waals surface area contributed by atoms with Crippen molar-refractivity contribution >= 4 is 5.78 Å². The number of hydrogen-bond acceptors (Lipinski definition) is 2. The topological polar surface area (TPSA) is 26.3 Å². The van der Waals surface area contributed by atoms with Crippen LogP contribution in [0.1, 0.15) is 44.9 Å². The first kappa shape index (κ1) is 10.5. The number of Topliss-reactive ketones (excluding diaryl/α,β-unsaturated/α-hetero) is 1. The summed E-state index contributed by atoms with van der Waals surface area (Å²) in [5.41, 5.74) is -0.161. The van der Waals surface area contributed by atoms with E-state index in [0.717, 1.165) is 37.9 Å². The van der Waals surface area contributed by atoms with Crippen LogP contribution in [0.5, 0.6) is 0 Å². The molecule has 0 aromatic heterocycles. The van der Waals surface area contributed by atoms with E-state index >= 15 is 0 Å². The predicted octanol–water partition coefficient (Wildman–Crippen LogP) is 3.14. The van der Waals surface area contributed by atoms with Gasteiger partial charge < -0.3 is 4.74 Å². The lowest BCUT2D eigenvalue weighted by atomic mass is 9.88. The fraction of sp³-hybridized carbons (Fsp3) is 0.615. The van der Waals surface area contributed by atoms with Gasteiger partial charge in [0, 0.05) is 12.8 Å². The molecule has 0 aliphatic carbocycles. The number of hydrogen-bond donors (Lipinski definition) is 0. The Morgan fingerprint density at radius 2 is 2.40 bits per heavy atom. The maximum atomic E-state index is 11.5. The van der Waals surface area contributed by atoms with E-state index < -0.39 is 0 Å². The van der Waals surface area contributed by atoms with Gasteiger partial charge in [0.15, 0.2) is 0 Å². The Balaban J connectivity index is 1.85. The van der Waals surface area contributed by atoms with Crippen LogP contribution in [0.3, 0.4) is 0 Å². The molecule has 15 heavy (non-hydrogen) atoms. The minimum Gasteiger partial charge on any atom is -0.491 e. The molecule has 2 heteroatoms. The molecule has 0 N–H and O–H groups in total. The summed E-state index contributed by atoms with van der Waals surface area (Å²) >= 11 is 0. The molecule has 82 valence electrons. The molecule has 0 radical (unpaired) electrons. The van der Waals surface area contributed by atoms with Crippen molar-refractivity contribution in [3.05, 3.63) is 24.5 Å². The molecule has 2 aliphatic rings. The van der Waals surface area contributed by atoms with Crippen molar-refractivity contribution in [2.75, 3.05) is 0 Å². The largest absolute Gasteiger partial charge is 0.491 e. The second-order valence-electron chi connectivity index (χ2n) is 4.59. The summed E-state index contributed by atoms with van der Waals surface area (Å²) in [6, 6.07) is 0. The fourth-order valence-electron chi connectivity index (χ4n) is 2.47. The van der Waals surface area contributed by atoms with Gasteiger partial charge in [0.1, 0.15) is 17.1 Å². The smallest absolute Gasteiger partial charge is 0.144 e. The zero-order valence-electron chi connectivity index (χ0n) is 9.13. The standard InChI is InChI=1S/C13H18O2/c1-2-3-4-5-7-13-8-6-12(15-13)9-11(14)10-13/h2,6H,1,3-5,7-10H2. The van der Waals surface area contributed by atoms with E-state index in [-0.39, 0.29) is 5.60 Å². The van der Waals surface area contributed by atoms with Gasteiger partial charge in [-0.25, -0.2) is 0 Å². The molecule has 0 saturated carbocycles. The molecule has 1 atom stereocenters. The van der Waals surface area contributed by atoms with E-state index in [9.17, 15) is 4.79 Å². The Bertz CT molecular complexity index is 304. The molecule has 0 amide bonds. The van der Waals surface area contributed by atoms with Gasteiger partial charge >= 0.3 is 0 Å². The van der Waals surface area contributed by atoms with Crippen LogP contribution in [0.4, 0.5) is 0 Å². The molecule has 2 rings (SSSR count). The molecule has 2 nitrogen and oxygen atoms in total. The zero-order chi connectivity index (χ0) is 10.7. The first-order valence-electron chi connectivity index (χ1n) is 5.75. The number of carbonyl (C=O) groups excluding carboxylic acids is 1. The van der Waals surface area contributed by atoms with Crippen LogP contribution in [-0.4, -0.2) is 11.4 Å². The lowest BCUT2D eigenvalue weighted by Crippen LogP contribution is -2.35. The van der Waals surface area contributed by atoms with Crippen molar-refractivity contribution in [1.29, 1.82) is 0 Å². The first-order valence-corrected chi connectivity index (χ1v) is 5.75. The minimum absolute atomic E-state index is 0.161. The van der Waals surface area contributed by atoms with E-state index in [2.05, 4.69) is 12.7 Å². The average molecular weight is 206 g/mol. The highest BCUT2D eigenvalue weighted by Gasteiger charge is 2.42. The van der Waals surface area contributed by atoms with Gasteiger partial charge in [-0.1, -0.05) is 6.08 Å². The summed E-state index contributed by atoms with van der Waals surface area (Å²) in [4.78, 5) is 11.5. The van der Waals surface area contributed by atoms with Gasteiger partial charge in [-0.3, -0.25) is 4.79 Å². The van der Waals surface area contributed by atoms with E-state index in [4.69, 9.17) is 4.74 Å². The quantitative estimate of drug-likeness (QED) is 0.510. The Kier molecular flexibility index (Phi) is 2.94. The maximum absolute atomic E-state index is 11.5. The molecule has 0 aromatic rings. The summed E-state index contributed by atoms with van der Waals surface area (Å²) in [6.45, 7) is 3.71. The van der Waals surface area contributed by atoms with Crippen molar-refractivity contribution in [2.24, 2.45) is 0 Å². The number of fused-ring (bicyclic) bond motifs is 2. The van der Waals surface area contributed by atoms with Crippen LogP contribution in [0, 0.1) is 0 Å². The van der Waals surface area contributed by atoms with E-state index in [1.54, 1.807) is 0 Å². The van der Waals surface area contributed by atoms with Gasteiger partial charge in [-0.15, -0.1) is 6.58 Å². The molecule has 0 aromatic carbocycles.